The number of rotatable bonds is 9. The van der Waals surface area contributed by atoms with Crippen LogP contribution in [-0.4, -0.2) is 50.9 Å². The standard InChI is InChI=1S/C18H22FN3O5S2/c1-3-22(4-2)29(26,27)14-9-10-18(20-13-14)28(24,25)12-11-17(23)21-16-8-6-5-7-15(16)19/h5-10,13H,3-4,11-12H2,1-2H3,(H,21,23). The van der Waals surface area contributed by atoms with Gasteiger partial charge in [-0.2, -0.15) is 4.31 Å². The minimum atomic E-state index is -3.93. The van der Waals surface area contributed by atoms with E-state index in [-0.39, 0.29) is 28.7 Å². The molecule has 1 N–H and O–H groups in total. The van der Waals surface area contributed by atoms with Gasteiger partial charge in [0.2, 0.25) is 15.9 Å². The molecule has 0 radical (unpaired) electrons. The molecule has 1 heterocycles. The van der Waals surface area contributed by atoms with Crippen LogP contribution in [0.15, 0.2) is 52.5 Å². The lowest BCUT2D eigenvalue weighted by Crippen LogP contribution is -2.30. The van der Waals surface area contributed by atoms with E-state index >= 15 is 0 Å². The summed E-state index contributed by atoms with van der Waals surface area (Å²) in [6, 6.07) is 7.80. The zero-order valence-electron chi connectivity index (χ0n) is 16.0. The Bertz CT molecular complexity index is 1070. The van der Waals surface area contributed by atoms with Gasteiger partial charge in [-0.3, -0.25) is 4.79 Å². The Labute approximate surface area is 169 Å². The van der Waals surface area contributed by atoms with Crippen molar-refractivity contribution in [3.8, 4) is 0 Å². The largest absolute Gasteiger partial charge is 0.324 e. The second-order valence-electron chi connectivity index (χ2n) is 6.02. The van der Waals surface area contributed by atoms with Gasteiger partial charge in [0.15, 0.2) is 14.9 Å². The molecule has 1 aromatic heterocycles. The summed E-state index contributed by atoms with van der Waals surface area (Å²) in [5.74, 6) is -1.85. The molecule has 2 aromatic rings. The van der Waals surface area contributed by atoms with Gasteiger partial charge in [-0.1, -0.05) is 26.0 Å². The van der Waals surface area contributed by atoms with E-state index in [1.54, 1.807) is 13.8 Å². The van der Waals surface area contributed by atoms with Crippen LogP contribution in [0.4, 0.5) is 10.1 Å². The Balaban J connectivity index is 2.08. The molecule has 158 valence electrons. The van der Waals surface area contributed by atoms with Gasteiger partial charge >= 0.3 is 0 Å². The monoisotopic (exact) mass is 443 g/mol. The quantitative estimate of drug-likeness (QED) is 0.635. The number of halogens is 1. The number of nitrogens with zero attached hydrogens (tertiary/aromatic N) is 2. The van der Waals surface area contributed by atoms with Gasteiger partial charge in [-0.25, -0.2) is 26.2 Å². The molecule has 0 unspecified atom stereocenters. The molecule has 2 rings (SSSR count). The van der Waals surface area contributed by atoms with E-state index in [1.807, 2.05) is 0 Å². The van der Waals surface area contributed by atoms with Gasteiger partial charge in [0.05, 0.1) is 11.4 Å². The summed E-state index contributed by atoms with van der Waals surface area (Å²) in [6.07, 6.45) is 0.581. The third kappa shape index (κ3) is 5.58. The van der Waals surface area contributed by atoms with Crippen LogP contribution < -0.4 is 5.32 Å². The summed E-state index contributed by atoms with van der Waals surface area (Å²) >= 11 is 0. The smallest absolute Gasteiger partial charge is 0.244 e. The molecule has 0 spiro atoms. The number of sulfonamides is 1. The number of amides is 1. The van der Waals surface area contributed by atoms with Gasteiger partial charge in [0, 0.05) is 25.7 Å². The van der Waals surface area contributed by atoms with E-state index in [2.05, 4.69) is 10.3 Å². The molecule has 11 heteroatoms. The van der Waals surface area contributed by atoms with Crippen molar-refractivity contribution in [2.45, 2.75) is 30.2 Å². The Morgan fingerprint density at radius 1 is 1.07 bits per heavy atom. The van der Waals surface area contributed by atoms with E-state index in [1.165, 1.54) is 34.6 Å². The minimum absolute atomic E-state index is 0.0426. The van der Waals surface area contributed by atoms with E-state index in [0.717, 1.165) is 12.3 Å². The van der Waals surface area contributed by atoms with Gasteiger partial charge in [-0.05, 0) is 24.3 Å². The van der Waals surface area contributed by atoms with Crippen LogP contribution in [0.25, 0.3) is 0 Å². The van der Waals surface area contributed by atoms with Crippen molar-refractivity contribution in [1.29, 1.82) is 0 Å². The highest BCUT2D eigenvalue weighted by molar-refractivity contribution is 7.91. The number of benzene rings is 1. The molecule has 0 atom stereocenters. The van der Waals surface area contributed by atoms with Crippen molar-refractivity contribution in [3.05, 3.63) is 48.4 Å². The summed E-state index contributed by atoms with van der Waals surface area (Å²) in [5.41, 5.74) is -0.0426. The molecule has 0 bridgehead atoms. The second-order valence-corrected chi connectivity index (χ2v) is 10.0. The number of anilines is 1. The molecule has 0 saturated heterocycles. The molecule has 0 aliphatic carbocycles. The molecule has 0 aliphatic heterocycles. The number of carbonyl (C=O) groups is 1. The van der Waals surface area contributed by atoms with Crippen molar-refractivity contribution >= 4 is 31.5 Å². The van der Waals surface area contributed by atoms with E-state index in [0.29, 0.717) is 0 Å². The topological polar surface area (TPSA) is 114 Å². The fraction of sp³-hybridized carbons (Fsp3) is 0.333. The number of sulfone groups is 1. The van der Waals surface area contributed by atoms with Crippen molar-refractivity contribution in [3.63, 3.8) is 0 Å². The predicted molar refractivity (Wildman–Crippen MR) is 106 cm³/mol. The lowest BCUT2D eigenvalue weighted by atomic mass is 10.3. The average molecular weight is 444 g/mol. The molecule has 0 aliphatic rings. The maximum atomic E-state index is 13.5. The molecule has 8 nitrogen and oxygen atoms in total. The summed E-state index contributed by atoms with van der Waals surface area (Å²) in [4.78, 5) is 15.6. The van der Waals surface area contributed by atoms with Gasteiger partial charge in [-0.15, -0.1) is 0 Å². The van der Waals surface area contributed by atoms with Crippen molar-refractivity contribution in [1.82, 2.24) is 9.29 Å². The Morgan fingerprint density at radius 2 is 1.72 bits per heavy atom. The summed E-state index contributed by atoms with van der Waals surface area (Å²) in [7, 11) is -7.68. The highest BCUT2D eigenvalue weighted by Gasteiger charge is 2.24. The summed E-state index contributed by atoms with van der Waals surface area (Å²) in [5, 5.41) is 1.97. The van der Waals surface area contributed by atoms with Crippen molar-refractivity contribution in [2.24, 2.45) is 0 Å². The first-order chi connectivity index (χ1) is 13.6. The Kier molecular flexibility index (Phi) is 7.44. The Hall–Kier alpha value is -2.37. The van der Waals surface area contributed by atoms with Gasteiger partial charge in [0.1, 0.15) is 10.7 Å². The summed E-state index contributed by atoms with van der Waals surface area (Å²) < 4.78 is 64.4. The molecule has 29 heavy (non-hydrogen) atoms. The molecule has 0 saturated carbocycles. The third-order valence-corrected chi connectivity index (χ3v) is 7.77. The number of aromatic nitrogens is 1. The van der Waals surface area contributed by atoms with Gasteiger partial charge in [0.25, 0.3) is 0 Å². The molecule has 1 amide bonds. The fourth-order valence-electron chi connectivity index (χ4n) is 2.52. The van der Waals surface area contributed by atoms with Crippen LogP contribution in [0.3, 0.4) is 0 Å². The average Bonchev–Trinajstić information content (AvgIpc) is 2.69. The normalized spacial score (nSPS) is 12.1. The zero-order valence-corrected chi connectivity index (χ0v) is 17.6. The highest BCUT2D eigenvalue weighted by atomic mass is 32.2. The minimum Gasteiger partial charge on any atom is -0.324 e. The third-order valence-electron chi connectivity index (χ3n) is 4.12. The Morgan fingerprint density at radius 3 is 2.28 bits per heavy atom. The first-order valence-corrected chi connectivity index (χ1v) is 11.9. The van der Waals surface area contributed by atoms with Crippen LogP contribution in [0.2, 0.25) is 0 Å². The number of pyridine rings is 1. The van der Waals surface area contributed by atoms with Crippen molar-refractivity contribution in [2.75, 3.05) is 24.2 Å². The predicted octanol–water partition coefficient (Wildman–Crippen LogP) is 2.05. The molecule has 0 fully saturated rings. The highest BCUT2D eigenvalue weighted by Crippen LogP contribution is 2.18. The van der Waals surface area contributed by atoms with E-state index in [9.17, 15) is 26.0 Å². The fourth-order valence-corrected chi connectivity index (χ4v) is 5.08. The van der Waals surface area contributed by atoms with Gasteiger partial charge < -0.3 is 5.32 Å². The van der Waals surface area contributed by atoms with Crippen LogP contribution in [0.1, 0.15) is 20.3 Å². The van der Waals surface area contributed by atoms with Crippen molar-refractivity contribution < 1.29 is 26.0 Å². The lowest BCUT2D eigenvalue weighted by Gasteiger charge is -2.18. The first-order valence-electron chi connectivity index (χ1n) is 8.85. The van der Waals surface area contributed by atoms with Crippen LogP contribution in [-0.2, 0) is 24.7 Å². The van der Waals surface area contributed by atoms with E-state index in [4.69, 9.17) is 0 Å². The number of carbonyl (C=O) groups excluding carboxylic acids is 1. The number of para-hydroxylation sites is 1. The lowest BCUT2D eigenvalue weighted by molar-refractivity contribution is -0.115. The second kappa shape index (κ2) is 9.42. The molecular formula is C18H22FN3O5S2. The maximum Gasteiger partial charge on any atom is 0.244 e. The van der Waals surface area contributed by atoms with Crippen LogP contribution >= 0.6 is 0 Å². The number of nitrogens with one attached hydrogen (secondary N) is 1. The first kappa shape index (κ1) is 22.9. The molecular weight excluding hydrogens is 421 g/mol. The summed E-state index contributed by atoms with van der Waals surface area (Å²) in [6.45, 7) is 3.94. The SMILES string of the molecule is CCN(CC)S(=O)(=O)c1ccc(S(=O)(=O)CCC(=O)Nc2ccccc2F)nc1. The van der Waals surface area contributed by atoms with E-state index < -0.39 is 43.8 Å². The number of hydrogen-bond donors (Lipinski definition) is 1. The van der Waals surface area contributed by atoms with Crippen LogP contribution in [0, 0.1) is 5.82 Å². The van der Waals surface area contributed by atoms with Crippen LogP contribution in [0.5, 0.6) is 0 Å². The zero-order chi connectivity index (χ0) is 21.7. The molecule has 1 aromatic carbocycles. The maximum absolute atomic E-state index is 13.5. The number of hydrogen-bond acceptors (Lipinski definition) is 6.